The molecular formula is C17H23N3O. The monoisotopic (exact) mass is 285 g/mol. The number of nitrogens with one attached hydrogen (secondary N) is 1. The Bertz CT molecular complexity index is 633. The second-order valence-electron chi connectivity index (χ2n) is 5.70. The lowest BCUT2D eigenvalue weighted by atomic mass is 10.1. The number of rotatable bonds is 5. The Morgan fingerprint density at radius 1 is 1.38 bits per heavy atom. The maximum atomic E-state index is 5.93. The highest BCUT2D eigenvalue weighted by atomic mass is 16.5. The van der Waals surface area contributed by atoms with E-state index < -0.39 is 0 Å². The van der Waals surface area contributed by atoms with Crippen LogP contribution in [0.3, 0.4) is 0 Å². The molecule has 2 aromatic rings. The molecule has 112 valence electrons. The van der Waals surface area contributed by atoms with Gasteiger partial charge in [-0.25, -0.2) is 0 Å². The van der Waals surface area contributed by atoms with Crippen molar-refractivity contribution in [1.29, 1.82) is 0 Å². The van der Waals surface area contributed by atoms with Gasteiger partial charge in [0.2, 0.25) is 0 Å². The van der Waals surface area contributed by atoms with Crippen molar-refractivity contribution in [3.63, 3.8) is 0 Å². The number of hydrogen-bond acceptors (Lipinski definition) is 3. The first-order valence-electron chi connectivity index (χ1n) is 7.66. The van der Waals surface area contributed by atoms with Crippen molar-refractivity contribution in [2.75, 3.05) is 6.54 Å². The Morgan fingerprint density at radius 3 is 2.95 bits per heavy atom. The minimum absolute atomic E-state index is 0.513. The summed E-state index contributed by atoms with van der Waals surface area (Å²) in [6, 6.07) is 9.06. The van der Waals surface area contributed by atoms with Crippen LogP contribution >= 0.6 is 0 Å². The summed E-state index contributed by atoms with van der Waals surface area (Å²) in [5.41, 5.74) is 4.97. The molecule has 1 aromatic heterocycles. The Kier molecular flexibility index (Phi) is 3.97. The lowest BCUT2D eigenvalue weighted by Gasteiger charge is -2.13. The molecule has 4 heteroatoms. The molecular weight excluding hydrogens is 262 g/mol. The molecule has 1 N–H and O–H groups in total. The Morgan fingerprint density at radius 2 is 2.24 bits per heavy atom. The molecule has 0 fully saturated rings. The molecule has 1 unspecified atom stereocenters. The Balaban J connectivity index is 1.69. The number of hydrogen-bond donors (Lipinski definition) is 1. The second-order valence-corrected chi connectivity index (χ2v) is 5.70. The third-order valence-electron chi connectivity index (χ3n) is 4.13. The fraction of sp³-hybridized carbons (Fsp3) is 0.471. The first-order valence-corrected chi connectivity index (χ1v) is 7.66. The zero-order valence-electron chi connectivity index (χ0n) is 13.0. The second kappa shape index (κ2) is 5.90. The van der Waals surface area contributed by atoms with Crippen molar-refractivity contribution >= 4 is 0 Å². The highest BCUT2D eigenvalue weighted by Crippen LogP contribution is 2.33. The van der Waals surface area contributed by atoms with Crippen molar-refractivity contribution in [2.45, 2.75) is 39.3 Å². The lowest BCUT2D eigenvalue weighted by molar-refractivity contribution is 0.294. The van der Waals surface area contributed by atoms with Gasteiger partial charge in [-0.15, -0.1) is 0 Å². The van der Waals surface area contributed by atoms with Gasteiger partial charge in [0, 0.05) is 13.1 Å². The van der Waals surface area contributed by atoms with Crippen LogP contribution in [0.5, 0.6) is 5.75 Å². The number of aromatic nitrogens is 2. The SMILES string of the molecule is CCNC1CCc2cc(OCc3cc(C)nn3C)ccc21. The Labute approximate surface area is 126 Å². The van der Waals surface area contributed by atoms with E-state index in [2.05, 4.69) is 41.6 Å². The summed E-state index contributed by atoms with van der Waals surface area (Å²) < 4.78 is 7.80. The van der Waals surface area contributed by atoms with Crippen LogP contribution < -0.4 is 10.1 Å². The van der Waals surface area contributed by atoms with Gasteiger partial charge in [-0.3, -0.25) is 4.68 Å². The predicted molar refractivity (Wildman–Crippen MR) is 83.5 cm³/mol. The molecule has 1 heterocycles. The van der Waals surface area contributed by atoms with E-state index >= 15 is 0 Å². The predicted octanol–water partition coefficient (Wildman–Crippen LogP) is 2.90. The summed E-state index contributed by atoms with van der Waals surface area (Å²) in [5.74, 6) is 0.949. The molecule has 21 heavy (non-hydrogen) atoms. The van der Waals surface area contributed by atoms with Crippen LogP contribution in [0.2, 0.25) is 0 Å². The fourth-order valence-corrected chi connectivity index (χ4v) is 3.10. The maximum absolute atomic E-state index is 5.93. The fourth-order valence-electron chi connectivity index (χ4n) is 3.10. The third kappa shape index (κ3) is 2.95. The third-order valence-corrected chi connectivity index (χ3v) is 4.13. The highest BCUT2D eigenvalue weighted by molar-refractivity contribution is 5.40. The van der Waals surface area contributed by atoms with Gasteiger partial charge >= 0.3 is 0 Å². The van der Waals surface area contributed by atoms with Gasteiger partial charge < -0.3 is 10.1 Å². The molecule has 0 bridgehead atoms. The van der Waals surface area contributed by atoms with E-state index in [1.54, 1.807) is 0 Å². The number of nitrogens with zero attached hydrogens (tertiary/aromatic N) is 2. The number of fused-ring (bicyclic) bond motifs is 1. The zero-order valence-corrected chi connectivity index (χ0v) is 13.0. The summed E-state index contributed by atoms with van der Waals surface area (Å²) in [4.78, 5) is 0. The van der Waals surface area contributed by atoms with Crippen molar-refractivity contribution in [2.24, 2.45) is 7.05 Å². The van der Waals surface area contributed by atoms with Crippen LogP contribution in [0.1, 0.15) is 41.9 Å². The molecule has 0 aliphatic heterocycles. The van der Waals surface area contributed by atoms with Gasteiger partial charge in [-0.05, 0) is 55.6 Å². The van der Waals surface area contributed by atoms with Gasteiger partial charge in [0.25, 0.3) is 0 Å². The van der Waals surface area contributed by atoms with Crippen molar-refractivity contribution in [3.8, 4) is 5.75 Å². The van der Waals surface area contributed by atoms with E-state index in [4.69, 9.17) is 4.74 Å². The lowest BCUT2D eigenvalue weighted by Crippen LogP contribution is -2.18. The van der Waals surface area contributed by atoms with Crippen LogP contribution in [-0.2, 0) is 20.1 Å². The van der Waals surface area contributed by atoms with E-state index in [9.17, 15) is 0 Å². The van der Waals surface area contributed by atoms with E-state index in [0.717, 1.165) is 30.1 Å². The smallest absolute Gasteiger partial charge is 0.130 e. The molecule has 0 radical (unpaired) electrons. The van der Waals surface area contributed by atoms with Gasteiger partial charge in [0.05, 0.1) is 11.4 Å². The molecule has 0 spiro atoms. The molecule has 1 aliphatic carbocycles. The molecule has 1 aliphatic rings. The van der Waals surface area contributed by atoms with E-state index in [-0.39, 0.29) is 0 Å². The van der Waals surface area contributed by atoms with Gasteiger partial charge in [-0.2, -0.15) is 5.10 Å². The van der Waals surface area contributed by atoms with Crippen LogP contribution in [0.25, 0.3) is 0 Å². The van der Waals surface area contributed by atoms with Crippen LogP contribution in [0, 0.1) is 6.92 Å². The van der Waals surface area contributed by atoms with Crippen molar-refractivity contribution < 1.29 is 4.74 Å². The number of benzene rings is 1. The maximum Gasteiger partial charge on any atom is 0.130 e. The minimum atomic E-state index is 0.513. The van der Waals surface area contributed by atoms with Crippen LogP contribution in [0.4, 0.5) is 0 Å². The Hall–Kier alpha value is -1.81. The number of ether oxygens (including phenoxy) is 1. The summed E-state index contributed by atoms with van der Waals surface area (Å²) >= 11 is 0. The topological polar surface area (TPSA) is 39.1 Å². The van der Waals surface area contributed by atoms with Crippen molar-refractivity contribution in [3.05, 3.63) is 46.8 Å². The number of aryl methyl sites for hydroxylation is 3. The van der Waals surface area contributed by atoms with Crippen LogP contribution in [-0.4, -0.2) is 16.3 Å². The quantitative estimate of drug-likeness (QED) is 0.918. The standard InChI is InChI=1S/C17H23N3O/c1-4-18-17-8-5-13-10-15(6-7-16(13)17)21-11-14-9-12(2)19-20(14)3/h6-7,9-10,17-18H,4-5,8,11H2,1-3H3. The first kappa shape index (κ1) is 14.1. The summed E-state index contributed by atoms with van der Waals surface area (Å²) in [6.07, 6.45) is 2.32. The minimum Gasteiger partial charge on any atom is -0.487 e. The summed E-state index contributed by atoms with van der Waals surface area (Å²) in [6.45, 7) is 5.74. The molecule has 0 amide bonds. The van der Waals surface area contributed by atoms with E-state index in [1.165, 1.54) is 17.5 Å². The van der Waals surface area contributed by atoms with Gasteiger partial charge in [0.1, 0.15) is 12.4 Å². The highest BCUT2D eigenvalue weighted by Gasteiger charge is 2.21. The van der Waals surface area contributed by atoms with Gasteiger partial charge in [0.15, 0.2) is 0 Å². The van der Waals surface area contributed by atoms with Gasteiger partial charge in [-0.1, -0.05) is 13.0 Å². The molecule has 4 nitrogen and oxygen atoms in total. The molecule has 0 saturated carbocycles. The normalized spacial score (nSPS) is 17.0. The van der Waals surface area contributed by atoms with E-state index in [1.807, 2.05) is 18.7 Å². The van der Waals surface area contributed by atoms with Crippen molar-refractivity contribution in [1.82, 2.24) is 15.1 Å². The molecule has 3 rings (SSSR count). The summed E-state index contributed by atoms with van der Waals surface area (Å²) in [7, 11) is 1.95. The molecule has 1 aromatic carbocycles. The average molecular weight is 285 g/mol. The zero-order chi connectivity index (χ0) is 14.8. The average Bonchev–Trinajstić information content (AvgIpc) is 3.00. The molecule has 1 atom stereocenters. The van der Waals surface area contributed by atoms with Crippen LogP contribution in [0.15, 0.2) is 24.3 Å². The molecule has 0 saturated heterocycles. The van der Waals surface area contributed by atoms with E-state index in [0.29, 0.717) is 12.6 Å². The first-order chi connectivity index (χ1) is 10.2. The summed E-state index contributed by atoms with van der Waals surface area (Å²) in [5, 5.41) is 7.88. The largest absolute Gasteiger partial charge is 0.487 e.